The lowest BCUT2D eigenvalue weighted by molar-refractivity contribution is 0.0700. The molecule has 0 radical (unpaired) electrons. The number of rotatable bonds is 1. The van der Waals surface area contributed by atoms with Gasteiger partial charge in [0, 0.05) is 11.5 Å². The maximum Gasteiger partial charge on any atom is 0.0729 e. The van der Waals surface area contributed by atoms with Crippen LogP contribution in [0.4, 0.5) is 0 Å². The molecular weight excluding hydrogens is 176 g/mol. The first kappa shape index (κ1) is 10.4. The summed E-state index contributed by atoms with van der Waals surface area (Å²) in [6, 6.07) is 0.265. The van der Waals surface area contributed by atoms with Crippen LogP contribution in [0.1, 0.15) is 26.2 Å². The molecule has 0 amide bonds. The molecule has 0 bridgehead atoms. The molecule has 2 rings (SSSR count). The summed E-state index contributed by atoms with van der Waals surface area (Å²) in [7, 11) is 2.19. The van der Waals surface area contributed by atoms with E-state index < -0.39 is 0 Å². The molecule has 2 aliphatic rings. The number of nitrogens with two attached hydrogens (primary N) is 1. The van der Waals surface area contributed by atoms with Gasteiger partial charge in [0.2, 0.25) is 0 Å². The van der Waals surface area contributed by atoms with Crippen molar-refractivity contribution in [1.82, 2.24) is 4.90 Å². The molecule has 0 unspecified atom stereocenters. The monoisotopic (exact) mass is 198 g/mol. The highest BCUT2D eigenvalue weighted by molar-refractivity contribution is 5.00. The fourth-order valence-corrected chi connectivity index (χ4v) is 2.78. The van der Waals surface area contributed by atoms with E-state index in [2.05, 4.69) is 18.9 Å². The van der Waals surface area contributed by atoms with Crippen LogP contribution in [0, 0.1) is 5.41 Å². The van der Waals surface area contributed by atoms with E-state index >= 15 is 0 Å². The van der Waals surface area contributed by atoms with Gasteiger partial charge >= 0.3 is 0 Å². The molecule has 2 saturated heterocycles. The van der Waals surface area contributed by atoms with Gasteiger partial charge in [0.25, 0.3) is 0 Å². The second-order valence-corrected chi connectivity index (χ2v) is 4.95. The van der Waals surface area contributed by atoms with E-state index in [9.17, 15) is 0 Å². The second kappa shape index (κ2) is 3.80. The van der Waals surface area contributed by atoms with Gasteiger partial charge in [0.1, 0.15) is 0 Å². The minimum absolute atomic E-state index is 0.265. The van der Waals surface area contributed by atoms with Crippen LogP contribution in [-0.2, 0) is 4.74 Å². The lowest BCUT2D eigenvalue weighted by atomic mass is 9.73. The minimum atomic E-state index is 0.265. The Kier molecular flexibility index (Phi) is 2.82. The van der Waals surface area contributed by atoms with Gasteiger partial charge in [-0.25, -0.2) is 0 Å². The van der Waals surface area contributed by atoms with Crippen molar-refractivity contribution in [1.29, 1.82) is 0 Å². The molecule has 2 atom stereocenters. The van der Waals surface area contributed by atoms with Crippen LogP contribution in [0.2, 0.25) is 0 Å². The molecule has 82 valence electrons. The summed E-state index contributed by atoms with van der Waals surface area (Å²) in [4.78, 5) is 2.39. The molecule has 1 spiro atoms. The van der Waals surface area contributed by atoms with Crippen molar-refractivity contribution in [3.05, 3.63) is 0 Å². The van der Waals surface area contributed by atoms with E-state index in [0.29, 0.717) is 11.5 Å². The van der Waals surface area contributed by atoms with E-state index in [1.807, 2.05) is 0 Å². The highest BCUT2D eigenvalue weighted by atomic mass is 16.5. The fourth-order valence-electron chi connectivity index (χ4n) is 2.78. The number of hydrogen-bond acceptors (Lipinski definition) is 3. The van der Waals surface area contributed by atoms with Crippen molar-refractivity contribution < 1.29 is 4.74 Å². The predicted molar refractivity (Wildman–Crippen MR) is 57.2 cm³/mol. The van der Waals surface area contributed by atoms with Gasteiger partial charge in [-0.3, -0.25) is 0 Å². The first-order valence-corrected chi connectivity index (χ1v) is 5.74. The third-order valence-electron chi connectivity index (χ3n) is 4.08. The van der Waals surface area contributed by atoms with Gasteiger partial charge in [-0.2, -0.15) is 0 Å². The van der Waals surface area contributed by atoms with Gasteiger partial charge in [0.05, 0.1) is 12.7 Å². The van der Waals surface area contributed by atoms with Crippen molar-refractivity contribution in [2.75, 3.05) is 26.7 Å². The third-order valence-corrected chi connectivity index (χ3v) is 4.08. The normalized spacial score (nSPS) is 37.9. The molecule has 2 fully saturated rings. The van der Waals surface area contributed by atoms with Crippen LogP contribution in [-0.4, -0.2) is 43.8 Å². The average molecular weight is 198 g/mol. The Bertz CT molecular complexity index is 199. The third kappa shape index (κ3) is 1.58. The summed E-state index contributed by atoms with van der Waals surface area (Å²) in [5.74, 6) is 0. The summed E-state index contributed by atoms with van der Waals surface area (Å²) in [5, 5.41) is 0. The smallest absolute Gasteiger partial charge is 0.0729 e. The van der Waals surface area contributed by atoms with E-state index in [4.69, 9.17) is 10.5 Å². The van der Waals surface area contributed by atoms with Crippen LogP contribution in [0.15, 0.2) is 0 Å². The standard InChI is InChI=1S/C11H22N2O/c1-3-9-10(12)11(8-14-9)4-6-13(2)7-5-11/h9-10H,3-8,12H2,1-2H3/t9-,10+/m0/s1. The summed E-state index contributed by atoms with van der Waals surface area (Å²) < 4.78 is 5.80. The molecule has 2 N–H and O–H groups in total. The van der Waals surface area contributed by atoms with Crippen LogP contribution >= 0.6 is 0 Å². The fraction of sp³-hybridized carbons (Fsp3) is 1.00. The van der Waals surface area contributed by atoms with Gasteiger partial charge in [-0.1, -0.05) is 6.92 Å². The molecule has 0 aromatic rings. The number of hydrogen-bond donors (Lipinski definition) is 1. The quantitative estimate of drug-likeness (QED) is 0.678. The first-order valence-electron chi connectivity index (χ1n) is 5.74. The van der Waals surface area contributed by atoms with Crippen LogP contribution < -0.4 is 5.73 Å². The summed E-state index contributed by atoms with van der Waals surface area (Å²) >= 11 is 0. The Morgan fingerprint density at radius 1 is 1.43 bits per heavy atom. The van der Waals surface area contributed by atoms with E-state index in [-0.39, 0.29) is 6.04 Å². The van der Waals surface area contributed by atoms with Gasteiger partial charge in [-0.05, 0) is 39.4 Å². The first-order chi connectivity index (χ1) is 6.68. The molecule has 3 nitrogen and oxygen atoms in total. The van der Waals surface area contributed by atoms with Crippen LogP contribution in [0.3, 0.4) is 0 Å². The van der Waals surface area contributed by atoms with Crippen LogP contribution in [0.5, 0.6) is 0 Å². The van der Waals surface area contributed by atoms with Gasteiger partial charge < -0.3 is 15.4 Å². The van der Waals surface area contributed by atoms with Gasteiger partial charge in [-0.15, -0.1) is 0 Å². The molecule has 2 aliphatic heterocycles. The number of nitrogens with zero attached hydrogens (tertiary/aromatic N) is 1. The Hall–Kier alpha value is -0.120. The minimum Gasteiger partial charge on any atom is -0.376 e. The number of piperidine rings is 1. The highest BCUT2D eigenvalue weighted by Crippen LogP contribution is 2.41. The zero-order valence-corrected chi connectivity index (χ0v) is 9.33. The average Bonchev–Trinajstić information content (AvgIpc) is 2.50. The Labute approximate surface area is 86.6 Å². The molecular formula is C11H22N2O. The lowest BCUT2D eigenvalue weighted by Crippen LogP contribution is -2.50. The number of ether oxygens (including phenoxy) is 1. The zero-order valence-electron chi connectivity index (χ0n) is 9.33. The van der Waals surface area contributed by atoms with E-state index in [1.165, 1.54) is 25.9 Å². The molecule has 14 heavy (non-hydrogen) atoms. The molecule has 2 heterocycles. The topological polar surface area (TPSA) is 38.5 Å². The van der Waals surface area contributed by atoms with Crippen molar-refractivity contribution in [3.63, 3.8) is 0 Å². The van der Waals surface area contributed by atoms with Crippen molar-refractivity contribution in [2.45, 2.75) is 38.3 Å². The lowest BCUT2D eigenvalue weighted by Gasteiger charge is -2.40. The van der Waals surface area contributed by atoms with Crippen LogP contribution in [0.25, 0.3) is 0 Å². The SMILES string of the molecule is CC[C@@H]1OCC2(CCN(C)CC2)[C@@H]1N. The van der Waals surface area contributed by atoms with Crippen molar-refractivity contribution in [3.8, 4) is 0 Å². The molecule has 0 aliphatic carbocycles. The van der Waals surface area contributed by atoms with Crippen molar-refractivity contribution in [2.24, 2.45) is 11.1 Å². The zero-order chi connectivity index (χ0) is 10.2. The summed E-state index contributed by atoms with van der Waals surface area (Å²) in [6.07, 6.45) is 3.78. The summed E-state index contributed by atoms with van der Waals surface area (Å²) in [6.45, 7) is 5.40. The molecule has 0 aromatic heterocycles. The maximum atomic E-state index is 6.30. The van der Waals surface area contributed by atoms with Gasteiger partial charge in [0.15, 0.2) is 0 Å². The van der Waals surface area contributed by atoms with E-state index in [1.54, 1.807) is 0 Å². The molecule has 0 aromatic carbocycles. The predicted octanol–water partition coefficient (Wildman–Crippen LogP) is 0.835. The molecule has 0 saturated carbocycles. The Morgan fingerprint density at radius 3 is 2.57 bits per heavy atom. The largest absolute Gasteiger partial charge is 0.376 e. The Morgan fingerprint density at radius 2 is 2.07 bits per heavy atom. The molecule has 3 heteroatoms. The van der Waals surface area contributed by atoms with E-state index in [0.717, 1.165) is 13.0 Å². The summed E-state index contributed by atoms with van der Waals surface area (Å²) in [5.41, 5.74) is 6.60. The number of likely N-dealkylation sites (tertiary alicyclic amines) is 1. The maximum absolute atomic E-state index is 6.30. The Balaban J connectivity index is 2.03. The second-order valence-electron chi connectivity index (χ2n) is 4.95. The van der Waals surface area contributed by atoms with Crippen molar-refractivity contribution >= 4 is 0 Å². The highest BCUT2D eigenvalue weighted by Gasteiger charge is 2.47.